The zero-order chi connectivity index (χ0) is 12.3. The van der Waals surface area contributed by atoms with E-state index in [1.54, 1.807) is 0 Å². The molecule has 0 heterocycles. The summed E-state index contributed by atoms with van der Waals surface area (Å²) in [6.45, 7) is 5.48. The third-order valence-electron chi connectivity index (χ3n) is 2.49. The second-order valence-electron chi connectivity index (χ2n) is 4.12. The average Bonchev–Trinajstić information content (AvgIpc) is 2.12. The molecule has 0 radical (unpaired) electrons. The summed E-state index contributed by atoms with van der Waals surface area (Å²) in [5, 5.41) is 8.69. The van der Waals surface area contributed by atoms with Gasteiger partial charge in [0.25, 0.3) is 0 Å². The number of hydrogen-bond acceptors (Lipinski definition) is 3. The molecular weight excluding hydrogens is 224 g/mol. The summed E-state index contributed by atoms with van der Waals surface area (Å²) in [5.74, 6) is 0.00818. The van der Waals surface area contributed by atoms with Crippen LogP contribution < -0.4 is 0 Å². The Bertz CT molecular complexity index is 452. The maximum absolute atomic E-state index is 12.0. The van der Waals surface area contributed by atoms with Crippen molar-refractivity contribution in [1.29, 1.82) is 0 Å². The molecule has 16 heavy (non-hydrogen) atoms. The lowest BCUT2D eigenvalue weighted by Gasteiger charge is -2.11. The molecule has 90 valence electrons. The van der Waals surface area contributed by atoms with Gasteiger partial charge < -0.3 is 5.11 Å². The smallest absolute Gasteiger partial charge is 0.178 e. The fourth-order valence-electron chi connectivity index (χ4n) is 2.01. The lowest BCUT2D eigenvalue weighted by Crippen LogP contribution is -2.11. The molecule has 0 spiro atoms. The van der Waals surface area contributed by atoms with Crippen molar-refractivity contribution in [2.75, 3.05) is 12.4 Å². The Morgan fingerprint density at radius 2 is 1.62 bits per heavy atom. The molecule has 0 atom stereocenters. The summed E-state index contributed by atoms with van der Waals surface area (Å²) < 4.78 is 24.1. The number of hydrogen-bond donors (Lipinski definition) is 1. The van der Waals surface area contributed by atoms with Gasteiger partial charge in [0.2, 0.25) is 0 Å². The molecule has 0 aliphatic heterocycles. The topological polar surface area (TPSA) is 54.4 Å². The number of aliphatic hydroxyl groups excluding tert-OH is 1. The van der Waals surface area contributed by atoms with E-state index in [1.807, 2.05) is 32.9 Å². The van der Waals surface area contributed by atoms with Crippen molar-refractivity contribution in [2.24, 2.45) is 0 Å². The lowest BCUT2D eigenvalue weighted by atomic mass is 10.1. The van der Waals surface area contributed by atoms with Gasteiger partial charge in [-0.2, -0.15) is 0 Å². The number of aryl methyl sites for hydroxylation is 3. The maximum atomic E-state index is 12.0. The lowest BCUT2D eigenvalue weighted by molar-refractivity contribution is 0.295. The van der Waals surface area contributed by atoms with Crippen LogP contribution in [-0.4, -0.2) is 25.9 Å². The minimum atomic E-state index is -3.26. The monoisotopic (exact) mass is 242 g/mol. The molecule has 0 unspecified atom stereocenters. The van der Waals surface area contributed by atoms with Gasteiger partial charge in [-0.05, 0) is 38.3 Å². The molecule has 0 bridgehead atoms. The minimum absolute atomic E-state index is 0.00818. The van der Waals surface area contributed by atoms with Crippen LogP contribution in [0.3, 0.4) is 0 Å². The molecule has 0 amide bonds. The molecule has 0 saturated carbocycles. The van der Waals surface area contributed by atoms with Gasteiger partial charge in [-0.25, -0.2) is 8.42 Å². The van der Waals surface area contributed by atoms with Gasteiger partial charge in [0.15, 0.2) is 9.84 Å². The van der Waals surface area contributed by atoms with Crippen LogP contribution in [0.15, 0.2) is 17.0 Å². The van der Waals surface area contributed by atoms with Crippen LogP contribution in [0.4, 0.5) is 0 Å². The summed E-state index contributed by atoms with van der Waals surface area (Å²) in [5.41, 5.74) is 2.64. The van der Waals surface area contributed by atoms with Crippen LogP contribution in [0.1, 0.15) is 23.1 Å². The Morgan fingerprint density at radius 3 is 2.06 bits per heavy atom. The van der Waals surface area contributed by atoms with Crippen molar-refractivity contribution < 1.29 is 13.5 Å². The molecule has 0 fully saturated rings. The van der Waals surface area contributed by atoms with Crippen molar-refractivity contribution >= 4 is 9.84 Å². The van der Waals surface area contributed by atoms with E-state index in [1.165, 1.54) is 0 Å². The summed E-state index contributed by atoms with van der Waals surface area (Å²) in [7, 11) is -3.26. The van der Waals surface area contributed by atoms with Gasteiger partial charge in [-0.1, -0.05) is 17.7 Å². The molecule has 0 aliphatic carbocycles. The Morgan fingerprint density at radius 1 is 1.12 bits per heavy atom. The van der Waals surface area contributed by atoms with Gasteiger partial charge in [0, 0.05) is 6.61 Å². The maximum Gasteiger partial charge on any atom is 0.178 e. The molecule has 0 aliphatic rings. The van der Waals surface area contributed by atoms with E-state index in [-0.39, 0.29) is 18.8 Å². The SMILES string of the molecule is Cc1cc(C)c(S(=O)(=O)CCCO)c(C)c1. The summed E-state index contributed by atoms with van der Waals surface area (Å²) in [6.07, 6.45) is 0.287. The van der Waals surface area contributed by atoms with Crippen LogP contribution >= 0.6 is 0 Å². The van der Waals surface area contributed by atoms with Crippen LogP contribution in [0.5, 0.6) is 0 Å². The Kier molecular flexibility index (Phi) is 4.10. The van der Waals surface area contributed by atoms with Gasteiger partial charge in [-0.3, -0.25) is 0 Å². The first-order chi connectivity index (χ1) is 7.38. The normalized spacial score (nSPS) is 11.8. The molecule has 0 saturated heterocycles. The molecule has 1 N–H and O–H groups in total. The van der Waals surface area contributed by atoms with E-state index < -0.39 is 9.84 Å². The highest BCUT2D eigenvalue weighted by atomic mass is 32.2. The molecular formula is C12H18O3S. The zero-order valence-electron chi connectivity index (χ0n) is 9.95. The van der Waals surface area contributed by atoms with Crippen LogP contribution in [0.25, 0.3) is 0 Å². The number of benzene rings is 1. The molecule has 1 rings (SSSR count). The van der Waals surface area contributed by atoms with E-state index in [0.717, 1.165) is 16.7 Å². The van der Waals surface area contributed by atoms with E-state index in [9.17, 15) is 8.42 Å². The highest BCUT2D eigenvalue weighted by Crippen LogP contribution is 2.23. The van der Waals surface area contributed by atoms with Gasteiger partial charge >= 0.3 is 0 Å². The number of aliphatic hydroxyl groups is 1. The summed E-state index contributed by atoms with van der Waals surface area (Å²) in [6, 6.07) is 3.75. The van der Waals surface area contributed by atoms with E-state index in [4.69, 9.17) is 5.11 Å². The Labute approximate surface area is 97.0 Å². The van der Waals surface area contributed by atoms with Crippen LogP contribution in [0.2, 0.25) is 0 Å². The first-order valence-electron chi connectivity index (χ1n) is 5.30. The van der Waals surface area contributed by atoms with Crippen LogP contribution in [-0.2, 0) is 9.84 Å². The molecule has 4 heteroatoms. The van der Waals surface area contributed by atoms with Gasteiger partial charge in [-0.15, -0.1) is 0 Å². The van der Waals surface area contributed by atoms with Crippen molar-refractivity contribution in [3.63, 3.8) is 0 Å². The van der Waals surface area contributed by atoms with E-state index in [0.29, 0.717) is 4.90 Å². The van der Waals surface area contributed by atoms with Crippen molar-refractivity contribution in [2.45, 2.75) is 32.1 Å². The summed E-state index contributed by atoms with van der Waals surface area (Å²) >= 11 is 0. The fraction of sp³-hybridized carbons (Fsp3) is 0.500. The standard InChI is InChI=1S/C12H18O3S/c1-9-7-10(2)12(11(3)8-9)16(14,15)6-4-5-13/h7-8,13H,4-6H2,1-3H3. The molecule has 3 nitrogen and oxygen atoms in total. The van der Waals surface area contributed by atoms with E-state index >= 15 is 0 Å². The Hall–Kier alpha value is -0.870. The van der Waals surface area contributed by atoms with Crippen molar-refractivity contribution in [1.82, 2.24) is 0 Å². The van der Waals surface area contributed by atoms with Crippen LogP contribution in [0, 0.1) is 20.8 Å². The van der Waals surface area contributed by atoms with Crippen molar-refractivity contribution in [3.8, 4) is 0 Å². The fourth-order valence-corrected chi connectivity index (χ4v) is 3.83. The van der Waals surface area contributed by atoms with Crippen molar-refractivity contribution in [3.05, 3.63) is 28.8 Å². The summed E-state index contributed by atoms with van der Waals surface area (Å²) in [4.78, 5) is 0.423. The predicted molar refractivity (Wildman–Crippen MR) is 64.4 cm³/mol. The molecule has 1 aromatic rings. The highest BCUT2D eigenvalue weighted by molar-refractivity contribution is 7.91. The predicted octanol–water partition coefficient (Wildman–Crippen LogP) is 1.77. The second-order valence-corrected chi connectivity index (χ2v) is 6.17. The number of rotatable bonds is 4. The quantitative estimate of drug-likeness (QED) is 0.875. The largest absolute Gasteiger partial charge is 0.396 e. The molecule has 1 aromatic carbocycles. The second kappa shape index (κ2) is 4.97. The zero-order valence-corrected chi connectivity index (χ0v) is 10.8. The van der Waals surface area contributed by atoms with Gasteiger partial charge in [0.05, 0.1) is 10.6 Å². The van der Waals surface area contributed by atoms with Gasteiger partial charge in [0.1, 0.15) is 0 Å². The molecule has 0 aromatic heterocycles. The first-order valence-corrected chi connectivity index (χ1v) is 6.95. The minimum Gasteiger partial charge on any atom is -0.396 e. The third-order valence-corrected chi connectivity index (χ3v) is 4.58. The third kappa shape index (κ3) is 2.83. The van der Waals surface area contributed by atoms with E-state index in [2.05, 4.69) is 0 Å². The Balaban J connectivity index is 3.23. The average molecular weight is 242 g/mol. The highest BCUT2D eigenvalue weighted by Gasteiger charge is 2.19. The first kappa shape index (κ1) is 13.2. The number of sulfone groups is 1.